The zero-order valence-electron chi connectivity index (χ0n) is 20.4. The van der Waals surface area contributed by atoms with Gasteiger partial charge in [0.15, 0.2) is 0 Å². The van der Waals surface area contributed by atoms with E-state index < -0.39 is 26.7 Å². The van der Waals surface area contributed by atoms with Crippen LogP contribution in [0.25, 0.3) is 0 Å². The van der Waals surface area contributed by atoms with Crippen LogP contribution in [0, 0.1) is 0 Å². The van der Waals surface area contributed by atoms with Crippen molar-refractivity contribution < 1.29 is 4.43 Å². The van der Waals surface area contributed by atoms with E-state index in [9.17, 15) is 0 Å². The van der Waals surface area contributed by atoms with Crippen LogP contribution in [0.1, 0.15) is 101 Å². The minimum atomic E-state index is -2.15. The zero-order chi connectivity index (χ0) is 20.9. The minimum absolute atomic E-state index is 0.680. The van der Waals surface area contributed by atoms with Gasteiger partial charge in [-0.25, -0.2) is 0 Å². The molecule has 0 unspecified atom stereocenters. The molecule has 1 nitrogen and oxygen atoms in total. The van der Waals surface area contributed by atoms with Crippen LogP contribution in [0.4, 0.5) is 0 Å². The molecule has 0 heterocycles. The molecule has 162 valence electrons. The van der Waals surface area contributed by atoms with Gasteiger partial charge in [-0.15, -0.1) is 0 Å². The average molecular weight is 503 g/mol. The topological polar surface area (TPSA) is 9.23 Å². The number of hydrogen-bond donors (Lipinski definition) is 0. The molecule has 0 saturated carbocycles. The van der Waals surface area contributed by atoms with Crippen LogP contribution in [0.3, 0.4) is 0 Å². The Hall–Kier alpha value is 0.716. The van der Waals surface area contributed by atoms with Gasteiger partial charge in [-0.05, 0) is 0 Å². The standard InChI is InChI=1S/C12H25OSi.3C4H9.Sn/c1-8-9-13-14(10(2)3,11(4)5)12(6)7;3*1-3-4-2;/h1,8,10-12H,9H2,2-7H3;3*1,3-4H2,2H3;. The summed E-state index contributed by atoms with van der Waals surface area (Å²) in [5, 5.41) is 0. The van der Waals surface area contributed by atoms with Gasteiger partial charge in [-0.2, -0.15) is 0 Å². The maximum absolute atomic E-state index is 6.81. The van der Waals surface area contributed by atoms with Crippen molar-refractivity contribution in [1.82, 2.24) is 0 Å². The summed E-state index contributed by atoms with van der Waals surface area (Å²) in [6.07, 6.45) is 10.9. The fourth-order valence-electron chi connectivity index (χ4n) is 5.20. The van der Waals surface area contributed by atoms with Gasteiger partial charge in [-0.3, -0.25) is 0 Å². The third kappa shape index (κ3) is 8.94. The van der Waals surface area contributed by atoms with E-state index in [2.05, 4.69) is 72.5 Å². The van der Waals surface area contributed by atoms with Crippen molar-refractivity contribution in [3.05, 3.63) is 10.2 Å². The second-order valence-corrected chi connectivity index (χ2v) is 28.2. The molecule has 0 aliphatic carbocycles. The molecule has 0 aromatic rings. The van der Waals surface area contributed by atoms with Gasteiger partial charge in [0.2, 0.25) is 0 Å². The molecule has 0 aliphatic rings. The second kappa shape index (κ2) is 14.7. The molecule has 0 rings (SSSR count). The van der Waals surface area contributed by atoms with Crippen molar-refractivity contribution >= 4 is 26.7 Å². The Bertz CT molecular complexity index is 346. The van der Waals surface area contributed by atoms with Crippen molar-refractivity contribution in [3.63, 3.8) is 0 Å². The van der Waals surface area contributed by atoms with E-state index >= 15 is 0 Å². The summed E-state index contributed by atoms with van der Waals surface area (Å²) in [7, 11) is -1.73. The summed E-state index contributed by atoms with van der Waals surface area (Å²) in [5.74, 6) is 0. The first kappa shape index (κ1) is 27.7. The van der Waals surface area contributed by atoms with Gasteiger partial charge in [0.1, 0.15) is 0 Å². The van der Waals surface area contributed by atoms with Crippen LogP contribution in [-0.2, 0) is 4.43 Å². The summed E-state index contributed by atoms with van der Waals surface area (Å²) in [4.78, 5) is 0. The van der Waals surface area contributed by atoms with Gasteiger partial charge in [0.25, 0.3) is 0 Å². The Morgan fingerprint density at radius 2 is 1.07 bits per heavy atom. The first-order valence-corrected chi connectivity index (χ1v) is 21.9. The van der Waals surface area contributed by atoms with E-state index in [0.29, 0.717) is 16.6 Å². The molecular formula is C24H52OSiSn. The Morgan fingerprint density at radius 3 is 1.37 bits per heavy atom. The Kier molecular flexibility index (Phi) is 15.0. The molecule has 0 bridgehead atoms. The molecule has 0 atom stereocenters. The number of unbranched alkanes of at least 4 members (excludes halogenated alkanes) is 3. The molecule has 0 spiro atoms. The molecule has 27 heavy (non-hydrogen) atoms. The Morgan fingerprint density at radius 1 is 0.704 bits per heavy atom. The molecule has 0 aromatic heterocycles. The third-order valence-corrected chi connectivity index (χ3v) is 27.0. The molecule has 3 heteroatoms. The van der Waals surface area contributed by atoms with E-state index in [1.807, 2.05) is 0 Å². The van der Waals surface area contributed by atoms with Crippen LogP contribution in [0.2, 0.25) is 29.9 Å². The van der Waals surface area contributed by atoms with Crippen molar-refractivity contribution in [2.24, 2.45) is 0 Å². The van der Waals surface area contributed by atoms with E-state index in [1.54, 1.807) is 13.3 Å². The maximum atomic E-state index is 6.81. The predicted molar refractivity (Wildman–Crippen MR) is 131 cm³/mol. The first-order valence-electron chi connectivity index (χ1n) is 12.0. The average Bonchev–Trinajstić information content (AvgIpc) is 2.61. The van der Waals surface area contributed by atoms with Gasteiger partial charge < -0.3 is 0 Å². The Labute approximate surface area is 178 Å². The molecule has 0 aromatic carbocycles. The van der Waals surface area contributed by atoms with Crippen LogP contribution in [0.5, 0.6) is 0 Å². The quantitative estimate of drug-likeness (QED) is 0.191. The molecule has 0 aliphatic heterocycles. The molecule has 0 N–H and O–H groups in total. The van der Waals surface area contributed by atoms with Crippen molar-refractivity contribution in [2.45, 2.75) is 131 Å². The van der Waals surface area contributed by atoms with Crippen LogP contribution >= 0.6 is 0 Å². The first-order chi connectivity index (χ1) is 12.7. The molecule has 0 fully saturated rings. The fraction of sp³-hybridized carbons (Fsp3) is 0.917. The van der Waals surface area contributed by atoms with Gasteiger partial charge >= 0.3 is 179 Å². The van der Waals surface area contributed by atoms with E-state index in [0.717, 1.165) is 6.61 Å². The van der Waals surface area contributed by atoms with Gasteiger partial charge in [0.05, 0.1) is 0 Å². The van der Waals surface area contributed by atoms with Crippen LogP contribution in [0.15, 0.2) is 10.2 Å². The summed E-state index contributed by atoms with van der Waals surface area (Å²) in [5.41, 5.74) is 2.04. The molecular weight excluding hydrogens is 451 g/mol. The Balaban J connectivity index is 5.29. The number of rotatable bonds is 16. The van der Waals surface area contributed by atoms with E-state index in [1.165, 1.54) is 38.5 Å². The summed E-state index contributed by atoms with van der Waals surface area (Å²) in [6, 6.07) is 0. The predicted octanol–water partition coefficient (Wildman–Crippen LogP) is 9.12. The monoisotopic (exact) mass is 504 g/mol. The summed E-state index contributed by atoms with van der Waals surface area (Å²) >= 11 is -2.15. The van der Waals surface area contributed by atoms with Crippen molar-refractivity contribution in [2.75, 3.05) is 6.61 Å². The van der Waals surface area contributed by atoms with E-state index in [4.69, 9.17) is 4.43 Å². The zero-order valence-corrected chi connectivity index (χ0v) is 24.2. The van der Waals surface area contributed by atoms with Crippen molar-refractivity contribution in [3.8, 4) is 0 Å². The van der Waals surface area contributed by atoms with Crippen LogP contribution in [-0.4, -0.2) is 33.3 Å². The SMILES string of the molecule is CCC[CH2][Sn](/[CH]=C\CO[Si](C(C)C)(C(C)C)C(C)C)([CH2]CCC)[CH2]CCC. The van der Waals surface area contributed by atoms with Gasteiger partial charge in [-0.1, -0.05) is 0 Å². The third-order valence-electron chi connectivity index (χ3n) is 6.69. The fourth-order valence-corrected chi connectivity index (χ4v) is 24.9. The molecule has 0 radical (unpaired) electrons. The second-order valence-electron chi connectivity index (χ2n) is 9.70. The summed E-state index contributed by atoms with van der Waals surface area (Å²) in [6.45, 7) is 22.3. The van der Waals surface area contributed by atoms with E-state index in [-0.39, 0.29) is 0 Å². The summed E-state index contributed by atoms with van der Waals surface area (Å²) < 4.78 is 14.3. The molecule has 0 amide bonds. The van der Waals surface area contributed by atoms with Gasteiger partial charge in [0, 0.05) is 0 Å². The number of hydrogen-bond acceptors (Lipinski definition) is 1. The van der Waals surface area contributed by atoms with Crippen LogP contribution < -0.4 is 0 Å². The molecule has 0 saturated heterocycles. The van der Waals surface area contributed by atoms with Crippen molar-refractivity contribution in [1.29, 1.82) is 0 Å². The normalized spacial score (nSPS) is 13.6.